The van der Waals surface area contributed by atoms with E-state index in [1.54, 1.807) is 45.2 Å². The minimum atomic E-state index is -0.409. The van der Waals surface area contributed by atoms with E-state index < -0.39 is 11.7 Å². The minimum absolute atomic E-state index is 0.0671. The molecule has 7 nitrogen and oxygen atoms in total. The highest BCUT2D eigenvalue weighted by atomic mass is 16.5. The van der Waals surface area contributed by atoms with Crippen molar-refractivity contribution in [3.63, 3.8) is 0 Å². The molecule has 1 aromatic carbocycles. The van der Waals surface area contributed by atoms with E-state index in [9.17, 15) is 14.4 Å². The number of carbonyl (C=O) groups is 1. The fourth-order valence-corrected chi connectivity index (χ4v) is 2.04. The average Bonchev–Trinajstić information content (AvgIpc) is 2.55. The first-order valence-electron chi connectivity index (χ1n) is 7.49. The Hall–Kier alpha value is -2.83. The van der Waals surface area contributed by atoms with Gasteiger partial charge in [-0.2, -0.15) is 0 Å². The molecule has 0 N–H and O–H groups in total. The first kappa shape index (κ1) is 17.5. The van der Waals surface area contributed by atoms with Gasteiger partial charge in [0.05, 0.1) is 17.4 Å². The Balaban J connectivity index is 2.10. The van der Waals surface area contributed by atoms with E-state index in [1.807, 2.05) is 0 Å². The van der Waals surface area contributed by atoms with E-state index in [4.69, 9.17) is 9.47 Å². The molecule has 0 atom stereocenters. The highest BCUT2D eigenvalue weighted by Crippen LogP contribution is 2.14. The number of benzene rings is 1. The summed E-state index contributed by atoms with van der Waals surface area (Å²) in [7, 11) is 3.00. The third-order valence-electron chi connectivity index (χ3n) is 3.44. The molecule has 1 heterocycles. The van der Waals surface area contributed by atoms with Crippen LogP contribution in [0.4, 0.5) is 0 Å². The minimum Gasteiger partial charge on any atom is -0.487 e. The van der Waals surface area contributed by atoms with Gasteiger partial charge in [-0.15, -0.1) is 0 Å². The van der Waals surface area contributed by atoms with Crippen LogP contribution in [0.5, 0.6) is 5.75 Å². The summed E-state index contributed by atoms with van der Waals surface area (Å²) in [6.45, 7) is 3.63. The fourth-order valence-electron chi connectivity index (χ4n) is 2.04. The average molecular weight is 332 g/mol. The van der Waals surface area contributed by atoms with Gasteiger partial charge in [0.1, 0.15) is 12.4 Å². The monoisotopic (exact) mass is 332 g/mol. The lowest BCUT2D eigenvalue weighted by Crippen LogP contribution is -2.38. The van der Waals surface area contributed by atoms with Gasteiger partial charge >= 0.3 is 11.7 Å². The first-order chi connectivity index (χ1) is 11.3. The summed E-state index contributed by atoms with van der Waals surface area (Å²) in [5.41, 5.74) is 0.0970. The molecule has 0 amide bonds. The molecule has 2 aromatic rings. The van der Waals surface area contributed by atoms with Crippen LogP contribution in [0.1, 0.15) is 29.9 Å². The van der Waals surface area contributed by atoms with Crippen molar-refractivity contribution in [3.8, 4) is 5.75 Å². The van der Waals surface area contributed by atoms with E-state index in [0.29, 0.717) is 17.0 Å². The first-order valence-corrected chi connectivity index (χ1v) is 7.49. The maximum absolute atomic E-state index is 11.8. The van der Waals surface area contributed by atoms with Crippen molar-refractivity contribution in [2.75, 3.05) is 0 Å². The van der Waals surface area contributed by atoms with Crippen molar-refractivity contribution in [3.05, 3.63) is 62.4 Å². The van der Waals surface area contributed by atoms with Crippen LogP contribution in [0.25, 0.3) is 0 Å². The van der Waals surface area contributed by atoms with Gasteiger partial charge in [-0.05, 0) is 38.1 Å². The van der Waals surface area contributed by atoms with Gasteiger partial charge in [-0.25, -0.2) is 9.59 Å². The lowest BCUT2D eigenvalue weighted by molar-refractivity contribution is 0.0378. The smallest absolute Gasteiger partial charge is 0.338 e. The van der Waals surface area contributed by atoms with Crippen LogP contribution >= 0.6 is 0 Å². The van der Waals surface area contributed by atoms with Gasteiger partial charge in [-0.3, -0.25) is 13.9 Å². The summed E-state index contributed by atoms with van der Waals surface area (Å²) in [4.78, 5) is 35.3. The Morgan fingerprint density at radius 2 is 1.71 bits per heavy atom. The molecular weight excluding hydrogens is 312 g/mol. The number of rotatable bonds is 5. The van der Waals surface area contributed by atoms with E-state index in [2.05, 4.69) is 0 Å². The molecule has 0 aliphatic rings. The number of hydrogen-bond donors (Lipinski definition) is 0. The summed E-state index contributed by atoms with van der Waals surface area (Å²) in [5.74, 6) is 0.120. The van der Waals surface area contributed by atoms with Gasteiger partial charge in [0.2, 0.25) is 0 Å². The molecule has 128 valence electrons. The zero-order chi connectivity index (χ0) is 17.9. The molecule has 24 heavy (non-hydrogen) atoms. The van der Waals surface area contributed by atoms with Gasteiger partial charge < -0.3 is 9.47 Å². The summed E-state index contributed by atoms with van der Waals surface area (Å²) in [6, 6.07) is 7.83. The van der Waals surface area contributed by atoms with Gasteiger partial charge in [0.25, 0.3) is 5.56 Å². The predicted molar refractivity (Wildman–Crippen MR) is 88.2 cm³/mol. The largest absolute Gasteiger partial charge is 0.487 e. The van der Waals surface area contributed by atoms with Gasteiger partial charge in [-0.1, -0.05) is 0 Å². The third kappa shape index (κ3) is 3.92. The number of ether oxygens (including phenoxy) is 2. The molecule has 0 aliphatic carbocycles. The molecule has 0 saturated carbocycles. The number of nitrogens with zero attached hydrogens (tertiary/aromatic N) is 2. The molecule has 0 radical (unpaired) electrons. The van der Waals surface area contributed by atoms with Gasteiger partial charge in [0.15, 0.2) is 0 Å². The summed E-state index contributed by atoms with van der Waals surface area (Å²) in [5, 5.41) is 0. The quantitative estimate of drug-likeness (QED) is 0.770. The van der Waals surface area contributed by atoms with Crippen molar-refractivity contribution >= 4 is 5.97 Å². The van der Waals surface area contributed by atoms with Crippen molar-refractivity contribution in [2.45, 2.75) is 26.6 Å². The van der Waals surface area contributed by atoms with Crippen molar-refractivity contribution in [1.82, 2.24) is 9.13 Å². The van der Waals surface area contributed by atoms with Crippen LogP contribution in [0, 0.1) is 0 Å². The Labute approximate surface area is 139 Å². The van der Waals surface area contributed by atoms with Crippen LogP contribution in [-0.4, -0.2) is 21.2 Å². The van der Waals surface area contributed by atoms with E-state index in [-0.39, 0.29) is 18.3 Å². The number of hydrogen-bond acceptors (Lipinski definition) is 5. The molecular formula is C17H20N2O5. The standard InChI is InChI=1S/C17H20N2O5/c1-11(2)24-16(21)12-5-7-14(8-6-12)23-10-13-9-15(20)19(4)17(22)18(13)3/h5-9,11H,10H2,1-4H3. The third-order valence-corrected chi connectivity index (χ3v) is 3.44. The SMILES string of the molecule is CC(C)OC(=O)c1ccc(OCc2cc(=O)n(C)c(=O)n2C)cc1. The Kier molecular flexibility index (Phi) is 5.23. The van der Waals surface area contributed by atoms with Crippen molar-refractivity contribution < 1.29 is 14.3 Å². The Morgan fingerprint density at radius 1 is 1.08 bits per heavy atom. The normalized spacial score (nSPS) is 10.7. The maximum Gasteiger partial charge on any atom is 0.338 e. The molecule has 7 heteroatoms. The maximum atomic E-state index is 11.8. The van der Waals surface area contributed by atoms with E-state index in [1.165, 1.54) is 17.7 Å². The molecule has 1 aromatic heterocycles. The molecule has 0 aliphatic heterocycles. The second-order valence-electron chi connectivity index (χ2n) is 5.64. The van der Waals surface area contributed by atoms with E-state index >= 15 is 0 Å². The van der Waals surface area contributed by atoms with Crippen LogP contribution in [0.3, 0.4) is 0 Å². The molecule has 0 saturated heterocycles. The van der Waals surface area contributed by atoms with Crippen molar-refractivity contribution in [1.29, 1.82) is 0 Å². The lowest BCUT2D eigenvalue weighted by Gasteiger charge is -2.11. The fraction of sp³-hybridized carbons (Fsp3) is 0.353. The summed E-state index contributed by atoms with van der Waals surface area (Å²) >= 11 is 0. The second kappa shape index (κ2) is 7.16. The molecule has 2 rings (SSSR count). The molecule has 0 fully saturated rings. The summed E-state index contributed by atoms with van der Waals surface area (Å²) < 4.78 is 13.1. The second-order valence-corrected chi connectivity index (χ2v) is 5.64. The highest BCUT2D eigenvalue weighted by molar-refractivity contribution is 5.89. The van der Waals surface area contributed by atoms with Crippen LogP contribution in [-0.2, 0) is 25.4 Å². The van der Waals surface area contributed by atoms with Gasteiger partial charge in [0, 0.05) is 20.2 Å². The topological polar surface area (TPSA) is 79.5 Å². The number of aromatic nitrogens is 2. The Bertz CT molecular complexity index is 847. The zero-order valence-corrected chi connectivity index (χ0v) is 14.1. The summed E-state index contributed by atoms with van der Waals surface area (Å²) in [6.07, 6.45) is -0.185. The molecule has 0 unspecified atom stereocenters. The Morgan fingerprint density at radius 3 is 2.29 bits per heavy atom. The molecule has 0 bridgehead atoms. The lowest BCUT2D eigenvalue weighted by atomic mass is 10.2. The van der Waals surface area contributed by atoms with Crippen molar-refractivity contribution in [2.24, 2.45) is 14.1 Å². The van der Waals surface area contributed by atoms with Crippen LogP contribution in [0.2, 0.25) is 0 Å². The predicted octanol–water partition coefficient (Wildman–Crippen LogP) is 1.23. The van der Waals surface area contributed by atoms with E-state index in [0.717, 1.165) is 4.57 Å². The van der Waals surface area contributed by atoms with Crippen LogP contribution < -0.4 is 16.0 Å². The zero-order valence-electron chi connectivity index (χ0n) is 14.1. The van der Waals surface area contributed by atoms with Crippen LogP contribution in [0.15, 0.2) is 39.9 Å². The highest BCUT2D eigenvalue weighted by Gasteiger charge is 2.10. The number of esters is 1. The number of carbonyl (C=O) groups excluding carboxylic acids is 1. The molecule has 0 spiro atoms.